The highest BCUT2D eigenvalue weighted by atomic mass is 16.2. The quantitative estimate of drug-likeness (QED) is 0.495. The summed E-state index contributed by atoms with van der Waals surface area (Å²) in [5.74, 6) is -1.01. The number of carbonyl (C=O) groups excluding carboxylic acids is 3. The maximum atomic E-state index is 11.1. The summed E-state index contributed by atoms with van der Waals surface area (Å²) in [6.45, 7) is 5.49. The van der Waals surface area contributed by atoms with Crippen molar-refractivity contribution < 1.29 is 14.4 Å². The lowest BCUT2D eigenvalue weighted by atomic mass is 10.0. The van der Waals surface area contributed by atoms with Gasteiger partial charge in [0.1, 0.15) is 0 Å². The molecule has 2 N–H and O–H groups in total. The van der Waals surface area contributed by atoms with Crippen molar-refractivity contribution in [3.8, 4) is 0 Å². The van der Waals surface area contributed by atoms with Gasteiger partial charge in [-0.15, -0.1) is 0 Å². The minimum Gasteiger partial charge on any atom is -0.352 e. The van der Waals surface area contributed by atoms with E-state index in [0.29, 0.717) is 18.5 Å². The summed E-state index contributed by atoms with van der Waals surface area (Å²) < 4.78 is 0. The zero-order chi connectivity index (χ0) is 11.4. The predicted octanol–water partition coefficient (Wildman–Crippen LogP) is -0.269. The molecule has 1 fully saturated rings. The monoisotopic (exact) mass is 210 g/mol. The van der Waals surface area contributed by atoms with Crippen LogP contribution in [-0.4, -0.2) is 24.3 Å². The number of hydrogen-bond donors (Lipinski definition) is 2. The molecule has 82 valence electrons. The first-order valence-electron chi connectivity index (χ1n) is 4.78. The summed E-state index contributed by atoms with van der Waals surface area (Å²) in [6, 6.07) is 0. The topological polar surface area (TPSA) is 75.3 Å². The number of carbonyl (C=O) groups is 3. The van der Waals surface area contributed by atoms with E-state index in [1.54, 1.807) is 6.92 Å². The van der Waals surface area contributed by atoms with Crippen molar-refractivity contribution in [2.75, 3.05) is 6.54 Å². The van der Waals surface area contributed by atoms with Crippen LogP contribution in [0.1, 0.15) is 19.8 Å². The Morgan fingerprint density at radius 3 is 2.73 bits per heavy atom. The Labute approximate surface area is 87.9 Å². The van der Waals surface area contributed by atoms with Gasteiger partial charge in [0.05, 0.1) is 0 Å². The van der Waals surface area contributed by atoms with Gasteiger partial charge >= 0.3 is 0 Å². The first-order chi connectivity index (χ1) is 7.00. The van der Waals surface area contributed by atoms with E-state index in [4.69, 9.17) is 0 Å². The molecule has 0 aromatic rings. The summed E-state index contributed by atoms with van der Waals surface area (Å²) in [4.78, 5) is 33.1. The van der Waals surface area contributed by atoms with Crippen molar-refractivity contribution >= 4 is 17.7 Å². The zero-order valence-electron chi connectivity index (χ0n) is 8.63. The van der Waals surface area contributed by atoms with E-state index in [9.17, 15) is 14.4 Å². The zero-order valence-corrected chi connectivity index (χ0v) is 8.63. The predicted molar refractivity (Wildman–Crippen MR) is 53.7 cm³/mol. The van der Waals surface area contributed by atoms with Gasteiger partial charge in [-0.05, 0) is 13.3 Å². The highest BCUT2D eigenvalue weighted by molar-refractivity contribution is 6.03. The molecule has 1 rings (SSSR count). The van der Waals surface area contributed by atoms with Crippen molar-refractivity contribution in [1.29, 1.82) is 0 Å². The molecule has 5 heteroatoms. The largest absolute Gasteiger partial charge is 0.352 e. The molecule has 1 aliphatic heterocycles. The second-order valence-corrected chi connectivity index (χ2v) is 3.64. The number of rotatable bonds is 4. The van der Waals surface area contributed by atoms with Crippen molar-refractivity contribution in [1.82, 2.24) is 10.6 Å². The van der Waals surface area contributed by atoms with Crippen LogP contribution < -0.4 is 10.6 Å². The lowest BCUT2D eigenvalue weighted by molar-refractivity contribution is -0.126. The average Bonchev–Trinajstić information content (AvgIpc) is 2.45. The Bertz CT molecular complexity index is 323. The van der Waals surface area contributed by atoms with Gasteiger partial charge in [-0.3, -0.25) is 19.7 Å². The minimum atomic E-state index is -0.303. The van der Waals surface area contributed by atoms with Crippen LogP contribution in [0, 0.1) is 5.92 Å². The van der Waals surface area contributed by atoms with Crippen LogP contribution in [0.25, 0.3) is 0 Å². The summed E-state index contributed by atoms with van der Waals surface area (Å²) in [7, 11) is 0. The van der Waals surface area contributed by atoms with Gasteiger partial charge in [0.25, 0.3) is 0 Å². The first-order valence-corrected chi connectivity index (χ1v) is 4.78. The fourth-order valence-electron chi connectivity index (χ4n) is 1.35. The molecular formula is C10H14N2O3. The lowest BCUT2D eigenvalue weighted by Gasteiger charge is -2.07. The molecule has 1 unspecified atom stereocenters. The molecule has 0 aliphatic carbocycles. The molecule has 0 saturated carbocycles. The molecule has 1 atom stereocenters. The van der Waals surface area contributed by atoms with Crippen molar-refractivity contribution in [3.63, 3.8) is 0 Å². The Morgan fingerprint density at radius 2 is 2.27 bits per heavy atom. The van der Waals surface area contributed by atoms with Gasteiger partial charge in [-0.1, -0.05) is 6.58 Å². The Balaban J connectivity index is 2.26. The molecule has 1 saturated heterocycles. The Kier molecular flexibility index (Phi) is 3.60. The standard InChI is InChI=1S/C10H14N2O3/c1-6(2)9(14)11-4-3-7-5-8(13)12-10(7)15/h7H,1,3-5H2,2H3,(H,11,14)(H,12,13,15). The van der Waals surface area contributed by atoms with Gasteiger partial charge in [-0.25, -0.2) is 0 Å². The van der Waals surface area contributed by atoms with Crippen LogP contribution in [0.5, 0.6) is 0 Å². The molecule has 0 aromatic carbocycles. The van der Waals surface area contributed by atoms with Crippen LogP contribution in [-0.2, 0) is 14.4 Å². The van der Waals surface area contributed by atoms with Gasteiger partial charge in [0.15, 0.2) is 0 Å². The fourth-order valence-corrected chi connectivity index (χ4v) is 1.35. The first kappa shape index (κ1) is 11.4. The van der Waals surface area contributed by atoms with E-state index < -0.39 is 0 Å². The third-order valence-electron chi connectivity index (χ3n) is 2.23. The maximum absolute atomic E-state index is 11.1. The van der Waals surface area contributed by atoms with Crippen LogP contribution in [0.15, 0.2) is 12.2 Å². The summed E-state index contributed by atoms with van der Waals surface area (Å²) in [5, 5.41) is 4.83. The molecule has 15 heavy (non-hydrogen) atoms. The van der Waals surface area contributed by atoms with E-state index in [0.717, 1.165) is 0 Å². The normalized spacial score (nSPS) is 19.9. The molecule has 0 radical (unpaired) electrons. The third kappa shape index (κ3) is 3.19. The van der Waals surface area contributed by atoms with Gasteiger partial charge in [-0.2, -0.15) is 0 Å². The van der Waals surface area contributed by atoms with E-state index in [2.05, 4.69) is 17.2 Å². The van der Waals surface area contributed by atoms with E-state index in [1.165, 1.54) is 0 Å². The smallest absolute Gasteiger partial charge is 0.246 e. The molecular weight excluding hydrogens is 196 g/mol. The average molecular weight is 210 g/mol. The van der Waals surface area contributed by atoms with E-state index in [-0.39, 0.29) is 30.1 Å². The van der Waals surface area contributed by atoms with E-state index in [1.807, 2.05) is 0 Å². The van der Waals surface area contributed by atoms with Gasteiger partial charge < -0.3 is 5.32 Å². The molecule has 3 amide bonds. The highest BCUT2D eigenvalue weighted by Gasteiger charge is 2.29. The third-order valence-corrected chi connectivity index (χ3v) is 2.23. The summed E-state index contributed by atoms with van der Waals surface area (Å²) in [5.41, 5.74) is 0.432. The number of nitrogens with one attached hydrogen (secondary N) is 2. The van der Waals surface area contributed by atoms with Crippen LogP contribution in [0.3, 0.4) is 0 Å². The SMILES string of the molecule is C=C(C)C(=O)NCCC1CC(=O)NC1=O. The molecule has 5 nitrogen and oxygen atoms in total. The van der Waals surface area contributed by atoms with Gasteiger partial charge in [0.2, 0.25) is 17.7 Å². The molecule has 1 heterocycles. The van der Waals surface area contributed by atoms with Crippen molar-refractivity contribution in [3.05, 3.63) is 12.2 Å². The Morgan fingerprint density at radius 1 is 1.60 bits per heavy atom. The number of amides is 3. The lowest BCUT2D eigenvalue weighted by Crippen LogP contribution is -2.28. The molecule has 0 aromatic heterocycles. The summed E-state index contributed by atoms with van der Waals surface area (Å²) >= 11 is 0. The second-order valence-electron chi connectivity index (χ2n) is 3.64. The summed E-state index contributed by atoms with van der Waals surface area (Å²) in [6.07, 6.45) is 0.707. The van der Waals surface area contributed by atoms with Crippen molar-refractivity contribution in [2.24, 2.45) is 5.92 Å². The second kappa shape index (κ2) is 4.72. The number of hydrogen-bond acceptors (Lipinski definition) is 3. The number of imide groups is 1. The van der Waals surface area contributed by atoms with Crippen LogP contribution in [0.2, 0.25) is 0 Å². The van der Waals surface area contributed by atoms with E-state index >= 15 is 0 Å². The highest BCUT2D eigenvalue weighted by Crippen LogP contribution is 2.13. The Hall–Kier alpha value is -1.65. The molecule has 1 aliphatic rings. The van der Waals surface area contributed by atoms with Gasteiger partial charge in [0, 0.05) is 24.5 Å². The molecule has 0 spiro atoms. The fraction of sp³-hybridized carbons (Fsp3) is 0.500. The molecule has 0 bridgehead atoms. The van der Waals surface area contributed by atoms with Crippen LogP contribution >= 0.6 is 0 Å². The maximum Gasteiger partial charge on any atom is 0.246 e. The minimum absolute atomic E-state index is 0.222. The van der Waals surface area contributed by atoms with Crippen molar-refractivity contribution in [2.45, 2.75) is 19.8 Å². The van der Waals surface area contributed by atoms with Crippen LogP contribution in [0.4, 0.5) is 0 Å².